The topological polar surface area (TPSA) is 54.7 Å². The molecule has 0 aliphatic heterocycles. The average Bonchev–Trinajstić information content (AvgIpc) is 2.98. The van der Waals surface area contributed by atoms with Gasteiger partial charge in [-0.15, -0.1) is 28.3 Å². The van der Waals surface area contributed by atoms with E-state index in [4.69, 9.17) is 16.6 Å². The lowest BCUT2D eigenvalue weighted by Gasteiger charge is -2.14. The van der Waals surface area contributed by atoms with Gasteiger partial charge in [-0.3, -0.25) is 0 Å². The first-order valence-corrected chi connectivity index (χ1v) is 10.9. The maximum absolute atomic E-state index is 12.5. The van der Waals surface area contributed by atoms with E-state index in [9.17, 15) is 8.42 Å². The lowest BCUT2D eigenvalue weighted by atomic mass is 10.2. The fraction of sp³-hybridized carbons (Fsp3) is 0.211. The standard InChI is InChI=1S/C19H20ClN3O2S2.BrH/c1-13-7-5-6-8-16(13)21-19-23(4)17(12-26-19)14-9-10-15(20)18(11-14)27(24,25)22(2)3;/h5-12H,1-4H3;1H/b21-19+;. The Morgan fingerprint density at radius 1 is 1.14 bits per heavy atom. The van der Waals surface area contributed by atoms with Crippen LogP contribution in [0.1, 0.15) is 5.56 Å². The molecule has 3 aromatic rings. The largest absolute Gasteiger partial charge is 0.320 e. The van der Waals surface area contributed by atoms with Crippen LogP contribution in [0.15, 0.2) is 57.7 Å². The number of para-hydroxylation sites is 1. The van der Waals surface area contributed by atoms with E-state index in [1.165, 1.54) is 25.4 Å². The molecule has 28 heavy (non-hydrogen) atoms. The Hall–Kier alpha value is -1.45. The number of hydrogen-bond acceptors (Lipinski definition) is 4. The van der Waals surface area contributed by atoms with Crippen molar-refractivity contribution in [2.75, 3.05) is 14.1 Å². The summed E-state index contributed by atoms with van der Waals surface area (Å²) in [6.07, 6.45) is 0. The summed E-state index contributed by atoms with van der Waals surface area (Å²) in [4.78, 5) is 5.65. The van der Waals surface area contributed by atoms with Crippen molar-refractivity contribution >= 4 is 55.6 Å². The maximum atomic E-state index is 12.5. The van der Waals surface area contributed by atoms with Gasteiger partial charge in [0.05, 0.1) is 16.4 Å². The van der Waals surface area contributed by atoms with Crippen molar-refractivity contribution in [1.82, 2.24) is 8.87 Å². The van der Waals surface area contributed by atoms with Gasteiger partial charge in [-0.25, -0.2) is 17.7 Å². The van der Waals surface area contributed by atoms with Crippen molar-refractivity contribution in [2.45, 2.75) is 11.8 Å². The lowest BCUT2D eigenvalue weighted by Crippen LogP contribution is -2.22. The first-order chi connectivity index (χ1) is 12.7. The van der Waals surface area contributed by atoms with Crippen LogP contribution >= 0.6 is 39.9 Å². The molecule has 0 fully saturated rings. The minimum atomic E-state index is -3.63. The molecular formula is C19H21BrClN3O2S2. The average molecular weight is 503 g/mol. The molecule has 1 aromatic heterocycles. The summed E-state index contributed by atoms with van der Waals surface area (Å²) in [6, 6.07) is 13.0. The first-order valence-electron chi connectivity index (χ1n) is 8.19. The van der Waals surface area contributed by atoms with Gasteiger partial charge in [0.25, 0.3) is 0 Å². The van der Waals surface area contributed by atoms with Crippen molar-refractivity contribution in [1.29, 1.82) is 0 Å². The number of hydrogen-bond donors (Lipinski definition) is 0. The lowest BCUT2D eigenvalue weighted by molar-refractivity contribution is 0.521. The third kappa shape index (κ3) is 4.41. The Kier molecular flexibility index (Phi) is 7.27. The van der Waals surface area contributed by atoms with Gasteiger partial charge in [0.2, 0.25) is 10.0 Å². The number of nitrogens with zero attached hydrogens (tertiary/aromatic N) is 3. The summed E-state index contributed by atoms with van der Waals surface area (Å²) >= 11 is 7.66. The summed E-state index contributed by atoms with van der Waals surface area (Å²) in [5.74, 6) is 0. The molecule has 0 saturated heterocycles. The van der Waals surface area contributed by atoms with E-state index in [2.05, 4.69) is 0 Å². The molecule has 0 aliphatic rings. The smallest absolute Gasteiger partial charge is 0.244 e. The van der Waals surface area contributed by atoms with Gasteiger partial charge in [-0.2, -0.15) is 0 Å². The number of benzene rings is 2. The molecule has 0 atom stereocenters. The fourth-order valence-electron chi connectivity index (χ4n) is 2.58. The quantitative estimate of drug-likeness (QED) is 0.516. The van der Waals surface area contributed by atoms with E-state index in [0.717, 1.165) is 31.6 Å². The summed E-state index contributed by atoms with van der Waals surface area (Å²) in [5.41, 5.74) is 3.65. The Morgan fingerprint density at radius 3 is 2.46 bits per heavy atom. The predicted octanol–water partition coefficient (Wildman–Crippen LogP) is 4.78. The summed E-state index contributed by atoms with van der Waals surface area (Å²) in [6.45, 7) is 2.02. The molecule has 0 amide bonds. The fourth-order valence-corrected chi connectivity index (χ4v) is 4.89. The zero-order valence-corrected chi connectivity index (χ0v) is 20.0. The van der Waals surface area contributed by atoms with Crippen LogP contribution in [-0.2, 0) is 17.1 Å². The van der Waals surface area contributed by atoms with Crippen LogP contribution in [0.2, 0.25) is 5.02 Å². The summed E-state index contributed by atoms with van der Waals surface area (Å²) in [5, 5.41) is 2.17. The van der Waals surface area contributed by atoms with Crippen LogP contribution < -0.4 is 4.80 Å². The van der Waals surface area contributed by atoms with Gasteiger partial charge in [-0.1, -0.05) is 35.9 Å². The minimum absolute atomic E-state index is 0. The van der Waals surface area contributed by atoms with E-state index in [1.807, 2.05) is 54.3 Å². The molecule has 0 aliphatic carbocycles. The minimum Gasteiger partial charge on any atom is -0.320 e. The molecule has 2 aromatic carbocycles. The Balaban J connectivity index is 0.00000280. The number of aryl methyl sites for hydroxylation is 1. The van der Waals surface area contributed by atoms with Crippen LogP contribution in [0.4, 0.5) is 5.69 Å². The molecule has 0 spiro atoms. The second-order valence-electron chi connectivity index (χ2n) is 6.29. The van der Waals surface area contributed by atoms with Gasteiger partial charge < -0.3 is 4.57 Å². The molecule has 9 heteroatoms. The Morgan fingerprint density at radius 2 is 1.82 bits per heavy atom. The van der Waals surface area contributed by atoms with Crippen molar-refractivity contribution in [3.63, 3.8) is 0 Å². The SMILES string of the molecule is Br.Cc1ccccc1/N=c1/scc(-c2ccc(Cl)c(S(=O)(=O)N(C)C)c2)n1C. The molecule has 0 unspecified atom stereocenters. The maximum Gasteiger partial charge on any atom is 0.244 e. The molecule has 0 bridgehead atoms. The second kappa shape index (κ2) is 8.92. The molecule has 3 rings (SSSR count). The molecule has 150 valence electrons. The number of thiazole rings is 1. The molecule has 0 N–H and O–H groups in total. The third-order valence-electron chi connectivity index (χ3n) is 4.24. The Bertz CT molecular complexity index is 1170. The van der Waals surface area contributed by atoms with Gasteiger partial charge in [0.15, 0.2) is 4.80 Å². The van der Waals surface area contributed by atoms with E-state index >= 15 is 0 Å². The highest BCUT2D eigenvalue weighted by atomic mass is 79.9. The van der Waals surface area contributed by atoms with Gasteiger partial charge in [0.1, 0.15) is 4.90 Å². The van der Waals surface area contributed by atoms with Gasteiger partial charge in [0, 0.05) is 32.1 Å². The van der Waals surface area contributed by atoms with Crippen LogP contribution in [0.3, 0.4) is 0 Å². The Labute approximate surface area is 184 Å². The number of halogens is 2. The predicted molar refractivity (Wildman–Crippen MR) is 121 cm³/mol. The number of rotatable bonds is 4. The van der Waals surface area contributed by atoms with Crippen molar-refractivity contribution in [2.24, 2.45) is 12.0 Å². The van der Waals surface area contributed by atoms with Crippen molar-refractivity contribution in [3.05, 3.63) is 63.2 Å². The van der Waals surface area contributed by atoms with Crippen LogP contribution in [0.5, 0.6) is 0 Å². The molecule has 5 nitrogen and oxygen atoms in total. The van der Waals surface area contributed by atoms with E-state index in [1.54, 1.807) is 12.1 Å². The highest BCUT2D eigenvalue weighted by molar-refractivity contribution is 8.93. The van der Waals surface area contributed by atoms with Crippen LogP contribution in [-0.4, -0.2) is 31.4 Å². The highest BCUT2D eigenvalue weighted by Crippen LogP contribution is 2.29. The normalized spacial score (nSPS) is 12.3. The molecule has 0 saturated carbocycles. The van der Waals surface area contributed by atoms with E-state index < -0.39 is 10.0 Å². The van der Waals surface area contributed by atoms with E-state index in [-0.39, 0.29) is 26.9 Å². The summed E-state index contributed by atoms with van der Waals surface area (Å²) < 4.78 is 28.2. The highest BCUT2D eigenvalue weighted by Gasteiger charge is 2.22. The van der Waals surface area contributed by atoms with Crippen LogP contribution in [0.25, 0.3) is 11.3 Å². The third-order valence-corrected chi connectivity index (χ3v) is 7.46. The number of aromatic nitrogens is 1. The van der Waals surface area contributed by atoms with Gasteiger partial charge in [-0.05, 0) is 30.7 Å². The first kappa shape index (κ1) is 22.8. The number of sulfonamides is 1. The molecule has 1 heterocycles. The second-order valence-corrected chi connectivity index (χ2v) is 9.66. The van der Waals surface area contributed by atoms with Crippen molar-refractivity contribution < 1.29 is 8.42 Å². The van der Waals surface area contributed by atoms with E-state index in [0.29, 0.717) is 0 Å². The summed E-state index contributed by atoms with van der Waals surface area (Å²) in [7, 11) is 1.26. The van der Waals surface area contributed by atoms with Crippen LogP contribution in [0, 0.1) is 6.92 Å². The van der Waals surface area contributed by atoms with Crippen molar-refractivity contribution in [3.8, 4) is 11.3 Å². The molecule has 0 radical (unpaired) electrons. The molecular weight excluding hydrogens is 482 g/mol. The van der Waals surface area contributed by atoms with Gasteiger partial charge >= 0.3 is 0 Å². The zero-order chi connectivity index (χ0) is 19.8. The zero-order valence-electron chi connectivity index (χ0n) is 15.9. The monoisotopic (exact) mass is 501 g/mol.